The van der Waals surface area contributed by atoms with Crippen molar-refractivity contribution in [1.29, 1.82) is 0 Å². The Morgan fingerprint density at radius 3 is 2.67 bits per heavy atom. The second-order valence-corrected chi connectivity index (χ2v) is 3.52. The number of rotatable bonds is 3. The first-order valence-corrected chi connectivity index (χ1v) is 4.52. The summed E-state index contributed by atoms with van der Waals surface area (Å²) in [5.41, 5.74) is -0.966. The van der Waals surface area contributed by atoms with Gasteiger partial charge in [0.1, 0.15) is 0 Å². The van der Waals surface area contributed by atoms with E-state index in [4.69, 9.17) is 11.6 Å². The van der Waals surface area contributed by atoms with Gasteiger partial charge in [-0.2, -0.15) is 0 Å². The van der Waals surface area contributed by atoms with Crippen LogP contribution in [0.3, 0.4) is 0 Å². The average molecular weight is 231 g/mol. The summed E-state index contributed by atoms with van der Waals surface area (Å²) in [6.45, 7) is 3.68. The van der Waals surface area contributed by atoms with Crippen LogP contribution in [0, 0.1) is 0 Å². The van der Waals surface area contributed by atoms with E-state index in [2.05, 4.69) is 17.0 Å². The van der Waals surface area contributed by atoms with Crippen LogP contribution in [-0.4, -0.2) is 20.9 Å². The summed E-state index contributed by atoms with van der Waals surface area (Å²) >= 11 is 5.53. The molecule has 0 atom stereocenters. The minimum Gasteiger partial charge on any atom is -0.359 e. The zero-order valence-electron chi connectivity index (χ0n) is 8.45. The normalized spacial score (nSPS) is 10.1. The summed E-state index contributed by atoms with van der Waals surface area (Å²) in [6, 6.07) is 0. The molecule has 1 aromatic rings. The molecule has 0 amide bonds. The maximum atomic E-state index is 11.5. The van der Waals surface area contributed by atoms with Crippen molar-refractivity contribution >= 4 is 17.4 Å². The molecule has 82 valence electrons. The molecule has 0 fully saturated rings. The standard InChI is InChI=1S/C8H11ClN4O2/c1-5(9)4-10-6-7(14)12(2)8(15)13(3)11-6/h1,4H2,2-3H3,(H,10,11). The van der Waals surface area contributed by atoms with Gasteiger partial charge in [-0.3, -0.25) is 9.36 Å². The van der Waals surface area contributed by atoms with E-state index in [1.807, 2.05) is 0 Å². The van der Waals surface area contributed by atoms with Gasteiger partial charge in [-0.25, -0.2) is 9.48 Å². The number of halogens is 1. The third kappa shape index (κ3) is 2.47. The van der Waals surface area contributed by atoms with E-state index in [1.54, 1.807) is 0 Å². The molecule has 0 bridgehead atoms. The molecule has 15 heavy (non-hydrogen) atoms. The number of hydrogen-bond acceptors (Lipinski definition) is 4. The molecule has 1 N–H and O–H groups in total. The number of aromatic nitrogens is 3. The third-order valence-electron chi connectivity index (χ3n) is 1.77. The Morgan fingerprint density at radius 2 is 2.13 bits per heavy atom. The summed E-state index contributed by atoms with van der Waals surface area (Å²) in [4.78, 5) is 22.8. The molecule has 1 aromatic heterocycles. The van der Waals surface area contributed by atoms with Gasteiger partial charge in [0, 0.05) is 19.1 Å². The van der Waals surface area contributed by atoms with Gasteiger partial charge in [-0.15, -0.1) is 5.10 Å². The van der Waals surface area contributed by atoms with Crippen LogP contribution in [0.2, 0.25) is 0 Å². The smallest absolute Gasteiger partial charge is 0.346 e. The summed E-state index contributed by atoms with van der Waals surface area (Å²) in [5.74, 6) is 0.0707. The van der Waals surface area contributed by atoms with Crippen molar-refractivity contribution < 1.29 is 0 Å². The van der Waals surface area contributed by atoms with Gasteiger partial charge in [0.2, 0.25) is 5.82 Å². The molecule has 0 aliphatic carbocycles. The Balaban J connectivity index is 3.16. The quantitative estimate of drug-likeness (QED) is 0.770. The van der Waals surface area contributed by atoms with Crippen LogP contribution in [0.5, 0.6) is 0 Å². The topological polar surface area (TPSA) is 68.9 Å². The van der Waals surface area contributed by atoms with Gasteiger partial charge in [-0.05, 0) is 0 Å². The number of hydrogen-bond donors (Lipinski definition) is 1. The fourth-order valence-electron chi connectivity index (χ4n) is 0.989. The number of nitrogens with zero attached hydrogens (tertiary/aromatic N) is 3. The highest BCUT2D eigenvalue weighted by Gasteiger charge is 2.07. The predicted molar refractivity (Wildman–Crippen MR) is 58.2 cm³/mol. The zero-order valence-corrected chi connectivity index (χ0v) is 9.21. The maximum Gasteiger partial charge on any atom is 0.346 e. The summed E-state index contributed by atoms with van der Waals surface area (Å²) in [6.07, 6.45) is 0. The minimum atomic E-state index is -0.490. The lowest BCUT2D eigenvalue weighted by Gasteiger charge is -2.06. The molecule has 7 heteroatoms. The molecule has 0 spiro atoms. The molecule has 6 nitrogen and oxygen atoms in total. The molecule has 1 rings (SSSR count). The molecule has 0 radical (unpaired) electrons. The SMILES string of the molecule is C=C(Cl)CNc1nn(C)c(=O)n(C)c1=O. The Bertz CT molecular complexity index is 502. The largest absolute Gasteiger partial charge is 0.359 e. The molecule has 0 aliphatic rings. The number of aryl methyl sites for hydroxylation is 1. The summed E-state index contributed by atoms with van der Waals surface area (Å²) < 4.78 is 2.03. The summed E-state index contributed by atoms with van der Waals surface area (Å²) in [5, 5.41) is 6.80. The highest BCUT2D eigenvalue weighted by Crippen LogP contribution is 1.97. The van der Waals surface area contributed by atoms with Gasteiger partial charge in [0.15, 0.2) is 0 Å². The lowest BCUT2D eigenvalue weighted by atomic mass is 10.5. The molecule has 1 heterocycles. The highest BCUT2D eigenvalue weighted by atomic mass is 35.5. The van der Waals surface area contributed by atoms with Crippen LogP contribution in [0.15, 0.2) is 21.2 Å². The summed E-state index contributed by atoms with van der Waals surface area (Å²) in [7, 11) is 2.84. The van der Waals surface area contributed by atoms with Crippen molar-refractivity contribution in [3.8, 4) is 0 Å². The maximum absolute atomic E-state index is 11.5. The van der Waals surface area contributed by atoms with Crippen LogP contribution in [-0.2, 0) is 14.1 Å². The zero-order chi connectivity index (χ0) is 11.6. The van der Waals surface area contributed by atoms with E-state index >= 15 is 0 Å². The predicted octanol–water partition coefficient (Wildman–Crippen LogP) is -0.357. The van der Waals surface area contributed by atoms with Gasteiger partial charge < -0.3 is 5.32 Å². The lowest BCUT2D eigenvalue weighted by Crippen LogP contribution is -2.40. The van der Waals surface area contributed by atoms with E-state index in [1.165, 1.54) is 14.1 Å². The second-order valence-electron chi connectivity index (χ2n) is 2.99. The van der Waals surface area contributed by atoms with Gasteiger partial charge >= 0.3 is 5.69 Å². The van der Waals surface area contributed by atoms with Crippen LogP contribution in [0.25, 0.3) is 0 Å². The van der Waals surface area contributed by atoms with Crippen molar-refractivity contribution in [3.63, 3.8) is 0 Å². The first kappa shape index (κ1) is 11.5. The van der Waals surface area contributed by atoms with E-state index in [-0.39, 0.29) is 12.4 Å². The molecule has 0 aliphatic heterocycles. The third-order valence-corrected chi connectivity index (χ3v) is 1.90. The average Bonchev–Trinajstić information content (AvgIpc) is 2.18. The Hall–Kier alpha value is -1.56. The van der Waals surface area contributed by atoms with Crippen molar-refractivity contribution in [2.24, 2.45) is 14.1 Å². The van der Waals surface area contributed by atoms with Crippen LogP contribution in [0.4, 0.5) is 5.82 Å². The lowest BCUT2D eigenvalue weighted by molar-refractivity contribution is 0.605. The van der Waals surface area contributed by atoms with Crippen LogP contribution in [0.1, 0.15) is 0 Å². The van der Waals surface area contributed by atoms with Crippen LogP contribution >= 0.6 is 11.6 Å². The van der Waals surface area contributed by atoms with E-state index in [9.17, 15) is 9.59 Å². The molecular formula is C8H11ClN4O2. The van der Waals surface area contributed by atoms with Gasteiger partial charge in [0.05, 0.1) is 6.54 Å². The Morgan fingerprint density at radius 1 is 1.53 bits per heavy atom. The van der Waals surface area contributed by atoms with Gasteiger partial charge in [-0.1, -0.05) is 18.2 Å². The first-order chi connectivity index (χ1) is 6.93. The fourth-order valence-corrected chi connectivity index (χ4v) is 1.06. The first-order valence-electron chi connectivity index (χ1n) is 4.15. The van der Waals surface area contributed by atoms with E-state index in [0.717, 1.165) is 9.25 Å². The molecular weight excluding hydrogens is 220 g/mol. The van der Waals surface area contributed by atoms with Crippen molar-refractivity contribution in [3.05, 3.63) is 32.4 Å². The number of anilines is 1. The molecule has 0 unspecified atom stereocenters. The van der Waals surface area contributed by atoms with Gasteiger partial charge in [0.25, 0.3) is 5.56 Å². The van der Waals surface area contributed by atoms with Crippen molar-refractivity contribution in [2.75, 3.05) is 11.9 Å². The second kappa shape index (κ2) is 4.31. The van der Waals surface area contributed by atoms with Crippen LogP contribution < -0.4 is 16.6 Å². The van der Waals surface area contributed by atoms with Crippen molar-refractivity contribution in [1.82, 2.24) is 14.3 Å². The molecule has 0 saturated carbocycles. The van der Waals surface area contributed by atoms with E-state index < -0.39 is 11.2 Å². The Kier molecular flexibility index (Phi) is 3.31. The van der Waals surface area contributed by atoms with E-state index in [0.29, 0.717) is 5.03 Å². The Labute approximate surface area is 90.8 Å². The molecule has 0 saturated heterocycles. The highest BCUT2D eigenvalue weighted by molar-refractivity contribution is 6.29. The fraction of sp³-hybridized carbons (Fsp3) is 0.375. The minimum absolute atomic E-state index is 0.0707. The monoisotopic (exact) mass is 230 g/mol. The molecule has 0 aromatic carbocycles. The number of nitrogens with one attached hydrogen (secondary N) is 1. The van der Waals surface area contributed by atoms with Crippen molar-refractivity contribution in [2.45, 2.75) is 0 Å².